The predicted molar refractivity (Wildman–Crippen MR) is 97.0 cm³/mol. The van der Waals surface area contributed by atoms with Crippen LogP contribution in [0, 0.1) is 11.3 Å². The molecule has 1 aromatic heterocycles. The lowest BCUT2D eigenvalue weighted by Gasteiger charge is -2.10. The standard InChI is InChI=1S/C20H17N3O4/c1-25-17-9-14(10-21)7-8-16(17)26-13-19(24)22-12-20-23-11-18(27-20)15-5-3-2-4-6-15/h2-9,11H,12-13H2,1H3,(H,22,24). The first-order valence-corrected chi connectivity index (χ1v) is 8.17. The summed E-state index contributed by atoms with van der Waals surface area (Å²) in [5.74, 6) is 1.48. The Kier molecular flexibility index (Phi) is 5.70. The van der Waals surface area contributed by atoms with E-state index in [1.165, 1.54) is 7.11 Å². The van der Waals surface area contributed by atoms with Crippen LogP contribution in [0.5, 0.6) is 11.5 Å². The van der Waals surface area contributed by atoms with Crippen molar-refractivity contribution in [2.75, 3.05) is 13.7 Å². The number of methoxy groups -OCH3 is 1. The Bertz CT molecular complexity index is 961. The molecule has 0 atom stereocenters. The van der Waals surface area contributed by atoms with Crippen LogP contribution in [-0.4, -0.2) is 24.6 Å². The molecule has 0 aliphatic carbocycles. The van der Waals surface area contributed by atoms with Gasteiger partial charge in [0.25, 0.3) is 5.91 Å². The maximum Gasteiger partial charge on any atom is 0.258 e. The summed E-state index contributed by atoms with van der Waals surface area (Å²) in [5, 5.41) is 11.6. The van der Waals surface area contributed by atoms with E-state index in [9.17, 15) is 4.79 Å². The third-order valence-electron chi connectivity index (χ3n) is 3.70. The molecule has 1 heterocycles. The number of nitrogens with one attached hydrogen (secondary N) is 1. The molecule has 0 aliphatic rings. The van der Waals surface area contributed by atoms with E-state index >= 15 is 0 Å². The van der Waals surface area contributed by atoms with Gasteiger partial charge < -0.3 is 19.2 Å². The topological polar surface area (TPSA) is 97.4 Å². The molecule has 3 rings (SSSR count). The van der Waals surface area contributed by atoms with Gasteiger partial charge in [0.15, 0.2) is 23.9 Å². The van der Waals surface area contributed by atoms with E-state index in [4.69, 9.17) is 19.2 Å². The number of aromatic nitrogens is 1. The Morgan fingerprint density at radius 1 is 1.22 bits per heavy atom. The van der Waals surface area contributed by atoms with E-state index in [0.29, 0.717) is 28.7 Å². The van der Waals surface area contributed by atoms with E-state index in [1.54, 1.807) is 24.4 Å². The molecule has 0 bridgehead atoms. The number of rotatable bonds is 7. The predicted octanol–water partition coefficient (Wildman–Crippen LogP) is 2.92. The SMILES string of the molecule is COc1cc(C#N)ccc1OCC(=O)NCc1ncc(-c2ccccc2)o1. The lowest BCUT2D eigenvalue weighted by atomic mass is 10.2. The highest BCUT2D eigenvalue weighted by Gasteiger charge is 2.10. The number of oxazole rings is 1. The van der Waals surface area contributed by atoms with Crippen molar-refractivity contribution in [3.8, 4) is 28.9 Å². The Morgan fingerprint density at radius 3 is 2.78 bits per heavy atom. The third kappa shape index (κ3) is 4.64. The minimum absolute atomic E-state index is 0.152. The summed E-state index contributed by atoms with van der Waals surface area (Å²) in [6.07, 6.45) is 1.62. The van der Waals surface area contributed by atoms with Gasteiger partial charge >= 0.3 is 0 Å². The smallest absolute Gasteiger partial charge is 0.258 e. The number of hydrogen-bond acceptors (Lipinski definition) is 6. The summed E-state index contributed by atoms with van der Waals surface area (Å²) in [7, 11) is 1.47. The number of hydrogen-bond donors (Lipinski definition) is 1. The second kappa shape index (κ2) is 8.54. The van der Waals surface area contributed by atoms with Crippen molar-refractivity contribution in [2.24, 2.45) is 0 Å². The zero-order valence-electron chi connectivity index (χ0n) is 14.6. The summed E-state index contributed by atoms with van der Waals surface area (Å²) in [6, 6.07) is 16.3. The Morgan fingerprint density at radius 2 is 2.04 bits per heavy atom. The number of ether oxygens (including phenoxy) is 2. The molecule has 0 fully saturated rings. The molecule has 7 heteroatoms. The van der Waals surface area contributed by atoms with Gasteiger partial charge in [-0.2, -0.15) is 5.26 Å². The number of benzene rings is 2. The molecule has 1 N–H and O–H groups in total. The molecule has 136 valence electrons. The fraction of sp³-hybridized carbons (Fsp3) is 0.150. The number of nitriles is 1. The molecule has 0 aliphatic heterocycles. The Hall–Kier alpha value is -3.79. The van der Waals surface area contributed by atoms with Gasteiger partial charge in [-0.05, 0) is 12.1 Å². The summed E-state index contributed by atoms with van der Waals surface area (Å²) >= 11 is 0. The van der Waals surface area contributed by atoms with Gasteiger partial charge in [0, 0.05) is 11.6 Å². The highest BCUT2D eigenvalue weighted by atomic mass is 16.5. The Labute approximate surface area is 156 Å². The highest BCUT2D eigenvalue weighted by Crippen LogP contribution is 2.27. The molecule has 0 saturated carbocycles. The summed E-state index contributed by atoms with van der Waals surface area (Å²) < 4.78 is 16.2. The molecule has 1 amide bonds. The molecule has 3 aromatic rings. The molecule has 0 radical (unpaired) electrons. The molecular weight excluding hydrogens is 346 g/mol. The average Bonchev–Trinajstić information content (AvgIpc) is 3.20. The number of carbonyl (C=O) groups is 1. The van der Waals surface area contributed by atoms with Crippen molar-refractivity contribution in [3.63, 3.8) is 0 Å². The maximum atomic E-state index is 12.0. The Balaban J connectivity index is 1.52. The van der Waals surface area contributed by atoms with Gasteiger partial charge in [0.2, 0.25) is 5.89 Å². The van der Waals surface area contributed by atoms with Crippen LogP contribution in [0.1, 0.15) is 11.5 Å². The first-order valence-electron chi connectivity index (χ1n) is 8.17. The lowest BCUT2D eigenvalue weighted by molar-refractivity contribution is -0.123. The molecule has 2 aromatic carbocycles. The quantitative estimate of drug-likeness (QED) is 0.693. The monoisotopic (exact) mass is 363 g/mol. The van der Waals surface area contributed by atoms with Gasteiger partial charge in [-0.1, -0.05) is 30.3 Å². The third-order valence-corrected chi connectivity index (χ3v) is 3.70. The van der Waals surface area contributed by atoms with Gasteiger partial charge in [-0.3, -0.25) is 4.79 Å². The highest BCUT2D eigenvalue weighted by molar-refractivity contribution is 5.77. The number of nitrogens with zero attached hydrogens (tertiary/aromatic N) is 2. The number of amides is 1. The van der Waals surface area contributed by atoms with Crippen molar-refractivity contribution in [1.82, 2.24) is 10.3 Å². The van der Waals surface area contributed by atoms with Crippen molar-refractivity contribution in [1.29, 1.82) is 5.26 Å². The van der Waals surface area contributed by atoms with Gasteiger partial charge in [0.1, 0.15) is 0 Å². The number of carbonyl (C=O) groups excluding carboxylic acids is 1. The van der Waals surface area contributed by atoms with Crippen LogP contribution in [0.4, 0.5) is 0 Å². The van der Waals surface area contributed by atoms with Crippen LogP contribution < -0.4 is 14.8 Å². The molecular formula is C20H17N3O4. The molecule has 7 nitrogen and oxygen atoms in total. The van der Waals surface area contributed by atoms with Crippen molar-refractivity contribution >= 4 is 5.91 Å². The molecule has 0 spiro atoms. The zero-order valence-corrected chi connectivity index (χ0v) is 14.6. The minimum atomic E-state index is -0.333. The van der Waals surface area contributed by atoms with Gasteiger partial charge in [-0.25, -0.2) is 4.98 Å². The minimum Gasteiger partial charge on any atom is -0.493 e. The lowest BCUT2D eigenvalue weighted by Crippen LogP contribution is -2.28. The van der Waals surface area contributed by atoms with Crippen LogP contribution in [0.25, 0.3) is 11.3 Å². The average molecular weight is 363 g/mol. The van der Waals surface area contributed by atoms with E-state index in [2.05, 4.69) is 10.3 Å². The summed E-state index contributed by atoms with van der Waals surface area (Å²) in [4.78, 5) is 16.1. The van der Waals surface area contributed by atoms with Gasteiger partial charge in [-0.15, -0.1) is 0 Å². The van der Waals surface area contributed by atoms with E-state index in [1.807, 2.05) is 36.4 Å². The second-order valence-corrected chi connectivity index (χ2v) is 5.53. The van der Waals surface area contributed by atoms with Crippen LogP contribution >= 0.6 is 0 Å². The van der Waals surface area contributed by atoms with Crippen molar-refractivity contribution in [2.45, 2.75) is 6.54 Å². The van der Waals surface area contributed by atoms with E-state index in [0.717, 1.165) is 5.56 Å². The fourth-order valence-electron chi connectivity index (χ4n) is 2.35. The fourth-order valence-corrected chi connectivity index (χ4v) is 2.35. The molecule has 0 unspecified atom stereocenters. The summed E-state index contributed by atoms with van der Waals surface area (Å²) in [5.41, 5.74) is 1.36. The van der Waals surface area contributed by atoms with E-state index in [-0.39, 0.29) is 19.1 Å². The van der Waals surface area contributed by atoms with Gasteiger partial charge in [0.05, 0.1) is 31.5 Å². The van der Waals surface area contributed by atoms with Crippen LogP contribution in [-0.2, 0) is 11.3 Å². The van der Waals surface area contributed by atoms with Crippen LogP contribution in [0.3, 0.4) is 0 Å². The molecule has 27 heavy (non-hydrogen) atoms. The normalized spacial score (nSPS) is 10.1. The molecule has 0 saturated heterocycles. The van der Waals surface area contributed by atoms with Crippen LogP contribution in [0.15, 0.2) is 59.1 Å². The summed E-state index contributed by atoms with van der Waals surface area (Å²) in [6.45, 7) is -0.0476. The largest absolute Gasteiger partial charge is 0.493 e. The van der Waals surface area contributed by atoms with Crippen molar-refractivity contribution in [3.05, 3.63) is 66.2 Å². The van der Waals surface area contributed by atoms with Crippen LogP contribution in [0.2, 0.25) is 0 Å². The first kappa shape index (κ1) is 18.0. The first-order chi connectivity index (χ1) is 13.2. The van der Waals surface area contributed by atoms with Crippen molar-refractivity contribution < 1.29 is 18.7 Å². The maximum absolute atomic E-state index is 12.0. The zero-order chi connectivity index (χ0) is 19.1. The second-order valence-electron chi connectivity index (χ2n) is 5.53. The van der Waals surface area contributed by atoms with E-state index < -0.39 is 0 Å².